The summed E-state index contributed by atoms with van der Waals surface area (Å²) in [6.07, 6.45) is 4.46. The van der Waals surface area contributed by atoms with E-state index in [2.05, 4.69) is 5.32 Å². The maximum absolute atomic E-state index is 12.4. The second-order valence-corrected chi connectivity index (χ2v) is 6.92. The number of ether oxygens (including phenoxy) is 1. The molecule has 148 valence electrons. The molecule has 0 aromatic heterocycles. The number of aliphatic carboxylic acids is 1. The van der Waals surface area contributed by atoms with E-state index in [-0.39, 0.29) is 11.8 Å². The molecule has 7 heteroatoms. The number of carbonyl (C=O) groups is 3. The maximum Gasteiger partial charge on any atom is 0.341 e. The summed E-state index contributed by atoms with van der Waals surface area (Å²) in [5.41, 5.74) is 1.95. The van der Waals surface area contributed by atoms with Gasteiger partial charge < -0.3 is 20.1 Å². The molecule has 1 heterocycles. The van der Waals surface area contributed by atoms with Crippen LogP contribution >= 0.6 is 0 Å². The van der Waals surface area contributed by atoms with Crippen molar-refractivity contribution in [2.24, 2.45) is 0 Å². The Balaban J connectivity index is 1.84. The van der Waals surface area contributed by atoms with Gasteiger partial charge in [0.2, 0.25) is 5.91 Å². The number of aryl methyl sites for hydroxylation is 2. The molecular weight excluding hydrogens is 348 g/mol. The van der Waals surface area contributed by atoms with Crippen LogP contribution in [0.5, 0.6) is 5.75 Å². The zero-order chi connectivity index (χ0) is 19.8. The van der Waals surface area contributed by atoms with Gasteiger partial charge in [-0.2, -0.15) is 0 Å². The van der Waals surface area contributed by atoms with Gasteiger partial charge in [0.1, 0.15) is 5.75 Å². The van der Waals surface area contributed by atoms with Crippen molar-refractivity contribution in [2.45, 2.75) is 46.0 Å². The summed E-state index contributed by atoms with van der Waals surface area (Å²) in [4.78, 5) is 36.9. The number of carbonyl (C=O) groups excluding carboxylic acids is 2. The minimum atomic E-state index is -1.04. The summed E-state index contributed by atoms with van der Waals surface area (Å²) in [6, 6.07) is 3.38. The first-order valence-corrected chi connectivity index (χ1v) is 9.40. The molecule has 2 N–H and O–H groups in total. The minimum absolute atomic E-state index is 0.187. The van der Waals surface area contributed by atoms with Crippen molar-refractivity contribution in [2.75, 3.05) is 26.2 Å². The number of carboxylic acid groups (broad SMARTS) is 1. The molecule has 0 spiro atoms. The van der Waals surface area contributed by atoms with Gasteiger partial charge in [-0.05, 0) is 56.4 Å². The van der Waals surface area contributed by atoms with Crippen LogP contribution < -0.4 is 10.1 Å². The van der Waals surface area contributed by atoms with Crippen LogP contribution in [0.4, 0.5) is 0 Å². The van der Waals surface area contributed by atoms with E-state index in [0.29, 0.717) is 30.8 Å². The average molecular weight is 376 g/mol. The fraction of sp³-hybridized carbons (Fsp3) is 0.550. The molecule has 1 aromatic carbocycles. The first-order chi connectivity index (χ1) is 12.9. The summed E-state index contributed by atoms with van der Waals surface area (Å²) in [5.74, 6) is -0.526. The van der Waals surface area contributed by atoms with E-state index in [1.807, 2.05) is 4.90 Å². The lowest BCUT2D eigenvalue weighted by Crippen LogP contribution is -2.34. The van der Waals surface area contributed by atoms with Crippen molar-refractivity contribution < 1.29 is 24.2 Å². The Morgan fingerprint density at radius 3 is 2.56 bits per heavy atom. The number of carboxylic acids is 1. The monoisotopic (exact) mass is 376 g/mol. The number of likely N-dealkylation sites (tertiary alicyclic amines) is 1. The molecule has 7 nitrogen and oxygen atoms in total. The largest absolute Gasteiger partial charge is 0.481 e. The molecule has 2 amide bonds. The van der Waals surface area contributed by atoms with Gasteiger partial charge in [-0.15, -0.1) is 0 Å². The smallest absolute Gasteiger partial charge is 0.341 e. The summed E-state index contributed by atoms with van der Waals surface area (Å²) in [5, 5.41) is 11.6. The van der Waals surface area contributed by atoms with E-state index in [9.17, 15) is 14.4 Å². The lowest BCUT2D eigenvalue weighted by atomic mass is 10.1. The Kier molecular flexibility index (Phi) is 7.64. The summed E-state index contributed by atoms with van der Waals surface area (Å²) < 4.78 is 5.28. The average Bonchev–Trinajstić information content (AvgIpc) is 2.81. The molecule has 1 aliphatic rings. The van der Waals surface area contributed by atoms with Crippen LogP contribution in [-0.2, 0) is 9.59 Å². The van der Waals surface area contributed by atoms with Crippen LogP contribution in [0.25, 0.3) is 0 Å². The molecule has 0 unspecified atom stereocenters. The first kappa shape index (κ1) is 20.7. The van der Waals surface area contributed by atoms with Gasteiger partial charge in [-0.1, -0.05) is 6.42 Å². The number of hydrogen-bond donors (Lipinski definition) is 2. The van der Waals surface area contributed by atoms with Gasteiger partial charge in [0.05, 0.1) is 0 Å². The normalized spacial score (nSPS) is 14.6. The molecule has 1 aliphatic heterocycles. The van der Waals surface area contributed by atoms with Crippen LogP contribution in [0.3, 0.4) is 0 Å². The van der Waals surface area contributed by atoms with E-state index < -0.39 is 12.6 Å². The number of nitrogens with one attached hydrogen (secondary N) is 1. The second-order valence-electron chi connectivity index (χ2n) is 6.92. The number of benzene rings is 1. The minimum Gasteiger partial charge on any atom is -0.481 e. The van der Waals surface area contributed by atoms with Crippen molar-refractivity contribution in [3.63, 3.8) is 0 Å². The molecule has 0 saturated carbocycles. The van der Waals surface area contributed by atoms with E-state index in [1.54, 1.807) is 26.0 Å². The number of rotatable bonds is 8. The Morgan fingerprint density at radius 1 is 1.19 bits per heavy atom. The van der Waals surface area contributed by atoms with E-state index in [0.717, 1.165) is 43.4 Å². The van der Waals surface area contributed by atoms with Gasteiger partial charge >= 0.3 is 5.97 Å². The van der Waals surface area contributed by atoms with Gasteiger partial charge in [0.25, 0.3) is 5.91 Å². The SMILES string of the molecule is Cc1cc(C(=O)NCCCN2CCCCCC2=O)cc(C)c1OCC(=O)O. The highest BCUT2D eigenvalue weighted by Gasteiger charge is 2.16. The molecule has 0 radical (unpaired) electrons. The molecular formula is C20H28N2O5. The second kappa shape index (κ2) is 9.94. The molecule has 1 aromatic rings. The molecule has 2 rings (SSSR count). The maximum atomic E-state index is 12.4. The molecule has 1 saturated heterocycles. The van der Waals surface area contributed by atoms with Gasteiger partial charge in [-0.25, -0.2) is 4.79 Å². The molecule has 1 fully saturated rings. The van der Waals surface area contributed by atoms with Gasteiger partial charge in [-0.3, -0.25) is 9.59 Å². The topological polar surface area (TPSA) is 95.9 Å². The van der Waals surface area contributed by atoms with Crippen LogP contribution in [0.2, 0.25) is 0 Å². The zero-order valence-electron chi connectivity index (χ0n) is 16.0. The lowest BCUT2D eigenvalue weighted by Gasteiger charge is -2.20. The fourth-order valence-corrected chi connectivity index (χ4v) is 3.29. The van der Waals surface area contributed by atoms with Crippen molar-refractivity contribution in [3.8, 4) is 5.75 Å². The van der Waals surface area contributed by atoms with Crippen LogP contribution in [0.15, 0.2) is 12.1 Å². The molecule has 0 atom stereocenters. The van der Waals surface area contributed by atoms with Crippen molar-refractivity contribution in [1.82, 2.24) is 10.2 Å². The third-order valence-corrected chi connectivity index (χ3v) is 4.62. The van der Waals surface area contributed by atoms with Crippen LogP contribution in [0.1, 0.15) is 53.6 Å². The lowest BCUT2D eigenvalue weighted by molar-refractivity contribution is -0.139. The first-order valence-electron chi connectivity index (χ1n) is 9.40. The summed E-state index contributed by atoms with van der Waals surface area (Å²) in [6.45, 7) is 5.13. The van der Waals surface area contributed by atoms with E-state index in [1.165, 1.54) is 0 Å². The van der Waals surface area contributed by atoms with Crippen LogP contribution in [-0.4, -0.2) is 54.0 Å². The Morgan fingerprint density at radius 2 is 1.89 bits per heavy atom. The Bertz CT molecular complexity index is 679. The summed E-state index contributed by atoms with van der Waals surface area (Å²) >= 11 is 0. The zero-order valence-corrected chi connectivity index (χ0v) is 16.0. The fourth-order valence-electron chi connectivity index (χ4n) is 3.29. The molecule has 27 heavy (non-hydrogen) atoms. The number of hydrogen-bond acceptors (Lipinski definition) is 4. The highest BCUT2D eigenvalue weighted by Crippen LogP contribution is 2.24. The predicted molar refractivity (Wildman–Crippen MR) is 101 cm³/mol. The molecule has 0 aliphatic carbocycles. The predicted octanol–water partition coefficient (Wildman–Crippen LogP) is 2.29. The third kappa shape index (κ3) is 6.27. The van der Waals surface area contributed by atoms with Crippen LogP contribution in [0, 0.1) is 13.8 Å². The third-order valence-electron chi connectivity index (χ3n) is 4.62. The van der Waals surface area contributed by atoms with Crippen molar-refractivity contribution in [1.29, 1.82) is 0 Å². The Labute approximate surface area is 159 Å². The van der Waals surface area contributed by atoms with Crippen molar-refractivity contribution in [3.05, 3.63) is 28.8 Å². The number of nitrogens with zero attached hydrogens (tertiary/aromatic N) is 1. The highest BCUT2D eigenvalue weighted by atomic mass is 16.5. The van der Waals surface area contributed by atoms with E-state index in [4.69, 9.17) is 9.84 Å². The van der Waals surface area contributed by atoms with E-state index >= 15 is 0 Å². The Hall–Kier alpha value is -2.57. The number of amides is 2. The summed E-state index contributed by atoms with van der Waals surface area (Å²) in [7, 11) is 0. The van der Waals surface area contributed by atoms with Crippen molar-refractivity contribution >= 4 is 17.8 Å². The van der Waals surface area contributed by atoms with Gasteiger partial charge in [0.15, 0.2) is 6.61 Å². The standard InChI is InChI=1S/C20H28N2O5/c1-14-11-16(12-15(2)19(14)27-13-18(24)25)20(26)21-8-6-10-22-9-5-3-4-7-17(22)23/h11-12H,3-10,13H2,1-2H3,(H,21,26)(H,24,25). The highest BCUT2D eigenvalue weighted by molar-refractivity contribution is 5.94. The van der Waals surface area contributed by atoms with Gasteiger partial charge in [0, 0.05) is 31.6 Å². The molecule has 0 bridgehead atoms. The quantitative estimate of drug-likeness (QED) is 0.679.